The number of aromatic nitrogens is 4. The molecular weight excluding hydrogens is 240 g/mol. The summed E-state index contributed by atoms with van der Waals surface area (Å²) in [6.07, 6.45) is 7.55. The van der Waals surface area contributed by atoms with E-state index in [4.69, 9.17) is 0 Å². The summed E-state index contributed by atoms with van der Waals surface area (Å²) in [6.45, 7) is 6.64. The lowest BCUT2D eigenvalue weighted by molar-refractivity contribution is 0.206. The number of rotatable bonds is 4. The minimum Gasteiger partial charge on any atom is -0.369 e. The van der Waals surface area contributed by atoms with Crippen LogP contribution in [-0.4, -0.2) is 37.5 Å². The van der Waals surface area contributed by atoms with Crippen molar-refractivity contribution in [1.82, 2.24) is 24.4 Å². The van der Waals surface area contributed by atoms with Crippen LogP contribution in [0.1, 0.15) is 18.4 Å². The predicted octanol–water partition coefficient (Wildman–Crippen LogP) is 1.12. The molecule has 2 aromatic rings. The third-order valence-corrected chi connectivity index (χ3v) is 3.27. The van der Waals surface area contributed by atoms with Gasteiger partial charge in [0.2, 0.25) is 0 Å². The van der Waals surface area contributed by atoms with E-state index in [0.29, 0.717) is 0 Å². The van der Waals surface area contributed by atoms with Crippen molar-refractivity contribution >= 4 is 5.82 Å². The van der Waals surface area contributed by atoms with Gasteiger partial charge in [0.15, 0.2) is 0 Å². The van der Waals surface area contributed by atoms with E-state index in [9.17, 15) is 0 Å². The highest BCUT2D eigenvalue weighted by Gasteiger charge is 2.16. The molecule has 0 spiro atoms. The summed E-state index contributed by atoms with van der Waals surface area (Å²) in [7, 11) is 0. The molecule has 1 aliphatic rings. The standard InChI is InChI=1S/C13H18N6/c1-2-14-12-8-16-11(7-17-12)9-18-5-6-19-4-3-15-13(19)10-18/h3-4,7-8H,2,5-6,9-10H2,1H3,(H,14,17). The Hall–Kier alpha value is -1.95. The molecule has 0 saturated heterocycles. The average molecular weight is 258 g/mol. The van der Waals surface area contributed by atoms with Crippen molar-refractivity contribution in [3.63, 3.8) is 0 Å². The van der Waals surface area contributed by atoms with E-state index in [-0.39, 0.29) is 0 Å². The van der Waals surface area contributed by atoms with Gasteiger partial charge in [0, 0.05) is 38.6 Å². The van der Waals surface area contributed by atoms with Gasteiger partial charge in [-0.1, -0.05) is 0 Å². The Morgan fingerprint density at radius 1 is 1.21 bits per heavy atom. The molecule has 100 valence electrons. The zero-order valence-electron chi connectivity index (χ0n) is 11.1. The molecule has 2 aromatic heterocycles. The number of nitrogens with one attached hydrogen (secondary N) is 1. The van der Waals surface area contributed by atoms with Crippen LogP contribution in [0, 0.1) is 0 Å². The van der Waals surface area contributed by atoms with Crippen molar-refractivity contribution in [2.45, 2.75) is 26.6 Å². The summed E-state index contributed by atoms with van der Waals surface area (Å²) in [6, 6.07) is 0. The lowest BCUT2D eigenvalue weighted by Gasteiger charge is -2.27. The average Bonchev–Trinajstić information content (AvgIpc) is 2.89. The largest absolute Gasteiger partial charge is 0.369 e. The first-order valence-corrected chi connectivity index (χ1v) is 6.62. The predicted molar refractivity (Wildman–Crippen MR) is 72.5 cm³/mol. The maximum Gasteiger partial charge on any atom is 0.144 e. The summed E-state index contributed by atoms with van der Waals surface area (Å²) in [5, 5.41) is 3.15. The summed E-state index contributed by atoms with van der Waals surface area (Å²) in [5.74, 6) is 1.96. The van der Waals surface area contributed by atoms with Crippen molar-refractivity contribution < 1.29 is 0 Å². The number of anilines is 1. The van der Waals surface area contributed by atoms with Gasteiger partial charge >= 0.3 is 0 Å². The van der Waals surface area contributed by atoms with E-state index in [1.165, 1.54) is 0 Å². The molecule has 0 fully saturated rings. The maximum absolute atomic E-state index is 4.44. The zero-order valence-corrected chi connectivity index (χ0v) is 11.1. The maximum atomic E-state index is 4.44. The highest BCUT2D eigenvalue weighted by atomic mass is 15.2. The van der Waals surface area contributed by atoms with E-state index in [2.05, 4.69) is 29.7 Å². The second-order valence-corrected chi connectivity index (χ2v) is 4.67. The van der Waals surface area contributed by atoms with Crippen molar-refractivity contribution in [1.29, 1.82) is 0 Å². The Balaban J connectivity index is 1.63. The lowest BCUT2D eigenvalue weighted by atomic mass is 10.3. The van der Waals surface area contributed by atoms with Crippen LogP contribution >= 0.6 is 0 Å². The minimum atomic E-state index is 0.826. The molecule has 6 nitrogen and oxygen atoms in total. The van der Waals surface area contributed by atoms with Crippen molar-refractivity contribution in [3.8, 4) is 0 Å². The number of hydrogen-bond acceptors (Lipinski definition) is 5. The number of fused-ring (bicyclic) bond motifs is 1. The van der Waals surface area contributed by atoms with E-state index in [1.54, 1.807) is 6.20 Å². The second-order valence-electron chi connectivity index (χ2n) is 4.67. The highest BCUT2D eigenvalue weighted by Crippen LogP contribution is 2.12. The molecular formula is C13H18N6. The molecule has 19 heavy (non-hydrogen) atoms. The van der Waals surface area contributed by atoms with E-state index in [0.717, 1.165) is 50.1 Å². The van der Waals surface area contributed by atoms with Crippen molar-refractivity contribution in [3.05, 3.63) is 36.3 Å². The Bertz CT molecular complexity index is 532. The first-order valence-electron chi connectivity index (χ1n) is 6.62. The summed E-state index contributed by atoms with van der Waals surface area (Å²) in [4.78, 5) is 15.5. The fourth-order valence-corrected chi connectivity index (χ4v) is 2.30. The molecule has 3 rings (SSSR count). The molecule has 0 amide bonds. The smallest absolute Gasteiger partial charge is 0.144 e. The van der Waals surface area contributed by atoms with Crippen molar-refractivity contribution in [2.75, 3.05) is 18.4 Å². The molecule has 0 aliphatic carbocycles. The van der Waals surface area contributed by atoms with Crippen LogP contribution in [-0.2, 0) is 19.6 Å². The molecule has 0 unspecified atom stereocenters. The van der Waals surface area contributed by atoms with Gasteiger partial charge in [-0.05, 0) is 6.92 Å². The first-order chi connectivity index (χ1) is 9.35. The minimum absolute atomic E-state index is 0.826. The Morgan fingerprint density at radius 2 is 2.16 bits per heavy atom. The molecule has 0 atom stereocenters. The fraction of sp³-hybridized carbons (Fsp3) is 0.462. The van der Waals surface area contributed by atoms with Crippen LogP contribution in [0.2, 0.25) is 0 Å². The van der Waals surface area contributed by atoms with Crippen LogP contribution in [0.15, 0.2) is 24.8 Å². The van der Waals surface area contributed by atoms with Gasteiger partial charge in [-0.3, -0.25) is 9.88 Å². The molecule has 1 aliphatic heterocycles. The van der Waals surface area contributed by atoms with Crippen LogP contribution in [0.5, 0.6) is 0 Å². The SMILES string of the molecule is CCNc1cnc(CN2CCn3ccnc3C2)cn1. The van der Waals surface area contributed by atoms with Gasteiger partial charge in [0.25, 0.3) is 0 Å². The van der Waals surface area contributed by atoms with E-state index in [1.807, 2.05) is 25.5 Å². The summed E-state index contributed by atoms with van der Waals surface area (Å²) >= 11 is 0. The number of nitrogens with zero attached hydrogens (tertiary/aromatic N) is 5. The molecule has 0 aromatic carbocycles. The van der Waals surface area contributed by atoms with Crippen LogP contribution in [0.3, 0.4) is 0 Å². The summed E-state index contributed by atoms with van der Waals surface area (Å²) in [5.41, 5.74) is 1.00. The molecule has 3 heterocycles. The number of hydrogen-bond donors (Lipinski definition) is 1. The quantitative estimate of drug-likeness (QED) is 0.890. The van der Waals surface area contributed by atoms with Gasteiger partial charge in [0.05, 0.1) is 24.6 Å². The molecule has 0 bridgehead atoms. The van der Waals surface area contributed by atoms with Crippen molar-refractivity contribution in [2.24, 2.45) is 0 Å². The topological polar surface area (TPSA) is 58.9 Å². The van der Waals surface area contributed by atoms with Crippen LogP contribution in [0.4, 0.5) is 5.82 Å². The first kappa shape index (κ1) is 12.1. The summed E-state index contributed by atoms with van der Waals surface area (Å²) < 4.78 is 2.20. The van der Waals surface area contributed by atoms with Gasteiger partial charge in [0.1, 0.15) is 11.6 Å². The van der Waals surface area contributed by atoms with Gasteiger partial charge in [-0.2, -0.15) is 0 Å². The van der Waals surface area contributed by atoms with E-state index >= 15 is 0 Å². The number of imidazole rings is 1. The Labute approximate surface area is 112 Å². The fourth-order valence-electron chi connectivity index (χ4n) is 2.30. The van der Waals surface area contributed by atoms with E-state index < -0.39 is 0 Å². The normalized spacial score (nSPS) is 15.2. The molecule has 6 heteroatoms. The second kappa shape index (κ2) is 5.36. The van der Waals surface area contributed by atoms with Gasteiger partial charge < -0.3 is 9.88 Å². The van der Waals surface area contributed by atoms with Crippen LogP contribution < -0.4 is 5.32 Å². The lowest BCUT2D eigenvalue weighted by Crippen LogP contribution is -2.33. The Kier molecular flexibility index (Phi) is 3.41. The third-order valence-electron chi connectivity index (χ3n) is 3.27. The van der Waals surface area contributed by atoms with Crippen LogP contribution in [0.25, 0.3) is 0 Å². The van der Waals surface area contributed by atoms with Gasteiger partial charge in [-0.25, -0.2) is 9.97 Å². The monoisotopic (exact) mass is 258 g/mol. The molecule has 0 saturated carbocycles. The molecule has 0 radical (unpaired) electrons. The Morgan fingerprint density at radius 3 is 2.95 bits per heavy atom. The van der Waals surface area contributed by atoms with Gasteiger partial charge in [-0.15, -0.1) is 0 Å². The zero-order chi connectivity index (χ0) is 13.1. The molecule has 1 N–H and O–H groups in total. The third kappa shape index (κ3) is 2.73. The highest BCUT2D eigenvalue weighted by molar-refractivity contribution is 5.30.